The van der Waals surface area contributed by atoms with Crippen molar-refractivity contribution in [1.82, 2.24) is 4.90 Å². The van der Waals surface area contributed by atoms with Crippen molar-refractivity contribution in [1.29, 1.82) is 0 Å². The second-order valence-electron chi connectivity index (χ2n) is 5.46. The Morgan fingerprint density at radius 1 is 1.45 bits per heavy atom. The Balaban J connectivity index is 2.10. The highest BCUT2D eigenvalue weighted by Crippen LogP contribution is 2.23. The lowest BCUT2D eigenvalue weighted by atomic mass is 9.93. The van der Waals surface area contributed by atoms with Crippen LogP contribution >= 0.6 is 15.9 Å². The number of aryl methyl sites for hydroxylation is 1. The van der Waals surface area contributed by atoms with Crippen molar-refractivity contribution in [3.8, 4) is 0 Å². The van der Waals surface area contributed by atoms with Gasteiger partial charge in [-0.25, -0.2) is 0 Å². The van der Waals surface area contributed by atoms with Gasteiger partial charge in [-0.1, -0.05) is 22.0 Å². The van der Waals surface area contributed by atoms with E-state index in [4.69, 9.17) is 4.74 Å². The predicted molar refractivity (Wildman–Crippen MR) is 80.8 cm³/mol. The van der Waals surface area contributed by atoms with Crippen LogP contribution in [0.3, 0.4) is 0 Å². The molecule has 4 nitrogen and oxygen atoms in total. The fraction of sp³-hybridized carbons (Fsp3) is 0.533. The number of nitrogens with zero attached hydrogens (tertiary/aromatic N) is 1. The maximum absolute atomic E-state index is 12.5. The van der Waals surface area contributed by atoms with Crippen molar-refractivity contribution in [3.63, 3.8) is 0 Å². The molecule has 0 bridgehead atoms. The molecular weight excluding hydrogens is 322 g/mol. The Labute approximate surface area is 127 Å². The van der Waals surface area contributed by atoms with Crippen molar-refractivity contribution in [2.45, 2.75) is 25.4 Å². The monoisotopic (exact) mass is 341 g/mol. The van der Waals surface area contributed by atoms with E-state index in [1.165, 1.54) is 0 Å². The van der Waals surface area contributed by atoms with E-state index < -0.39 is 5.60 Å². The van der Waals surface area contributed by atoms with Crippen molar-refractivity contribution in [2.75, 3.05) is 26.8 Å². The zero-order chi connectivity index (χ0) is 14.8. The number of amides is 1. The first-order valence-corrected chi connectivity index (χ1v) is 7.52. The van der Waals surface area contributed by atoms with Crippen molar-refractivity contribution in [3.05, 3.63) is 33.8 Å². The summed E-state index contributed by atoms with van der Waals surface area (Å²) in [4.78, 5) is 14.1. The van der Waals surface area contributed by atoms with E-state index in [1.54, 1.807) is 11.9 Å². The van der Waals surface area contributed by atoms with Crippen molar-refractivity contribution < 1.29 is 14.6 Å². The first-order chi connectivity index (χ1) is 9.41. The first-order valence-electron chi connectivity index (χ1n) is 6.73. The Hall–Kier alpha value is -0.910. The van der Waals surface area contributed by atoms with Gasteiger partial charge in [0.25, 0.3) is 5.91 Å². The smallest absolute Gasteiger partial charge is 0.254 e. The molecule has 0 spiro atoms. The Kier molecular flexibility index (Phi) is 4.83. The second-order valence-corrected chi connectivity index (χ2v) is 6.37. The van der Waals surface area contributed by atoms with E-state index >= 15 is 0 Å². The SMILES string of the molecule is Cc1ccc(Br)cc1C(=O)N(C)CC1(O)CCOCC1. The number of aliphatic hydroxyl groups is 1. The van der Waals surface area contributed by atoms with Gasteiger partial charge in [0.1, 0.15) is 0 Å². The average molecular weight is 342 g/mol. The van der Waals surface area contributed by atoms with Gasteiger partial charge in [-0.05, 0) is 24.6 Å². The van der Waals surface area contributed by atoms with E-state index in [1.807, 2.05) is 25.1 Å². The average Bonchev–Trinajstić information content (AvgIpc) is 2.41. The van der Waals surface area contributed by atoms with Gasteiger partial charge in [0.05, 0.1) is 5.60 Å². The molecule has 5 heteroatoms. The van der Waals surface area contributed by atoms with Gasteiger partial charge in [0, 0.05) is 49.7 Å². The molecule has 1 aromatic carbocycles. The van der Waals surface area contributed by atoms with E-state index in [-0.39, 0.29) is 5.91 Å². The number of rotatable bonds is 3. The molecule has 1 fully saturated rings. The summed E-state index contributed by atoms with van der Waals surface area (Å²) in [6.07, 6.45) is 1.14. The minimum absolute atomic E-state index is 0.0660. The summed E-state index contributed by atoms with van der Waals surface area (Å²) in [5.74, 6) is -0.0660. The lowest BCUT2D eigenvalue weighted by molar-refractivity contribution is -0.0734. The molecule has 1 saturated heterocycles. The third-order valence-corrected chi connectivity index (χ3v) is 4.22. The maximum atomic E-state index is 12.5. The molecule has 2 rings (SSSR count). The molecule has 1 aromatic rings. The Bertz CT molecular complexity index is 498. The third-order valence-electron chi connectivity index (χ3n) is 3.73. The van der Waals surface area contributed by atoms with Crippen LogP contribution in [0.4, 0.5) is 0 Å². The molecule has 0 aliphatic carbocycles. The van der Waals surface area contributed by atoms with Gasteiger partial charge < -0.3 is 14.7 Å². The number of carbonyl (C=O) groups is 1. The number of ether oxygens (including phenoxy) is 1. The predicted octanol–water partition coefficient (Wildman–Crippen LogP) is 2.37. The summed E-state index contributed by atoms with van der Waals surface area (Å²) < 4.78 is 6.14. The fourth-order valence-corrected chi connectivity index (χ4v) is 2.81. The van der Waals surface area contributed by atoms with Crippen molar-refractivity contribution in [2.24, 2.45) is 0 Å². The van der Waals surface area contributed by atoms with E-state index in [0.717, 1.165) is 10.0 Å². The lowest BCUT2D eigenvalue weighted by Gasteiger charge is -2.35. The van der Waals surface area contributed by atoms with Gasteiger partial charge in [-0.3, -0.25) is 4.79 Å². The van der Waals surface area contributed by atoms with Crippen LogP contribution in [0.1, 0.15) is 28.8 Å². The van der Waals surface area contributed by atoms with Crippen LogP contribution in [-0.2, 0) is 4.74 Å². The molecule has 0 radical (unpaired) electrons. The molecule has 1 aliphatic rings. The molecule has 0 atom stereocenters. The lowest BCUT2D eigenvalue weighted by Crippen LogP contribution is -2.47. The van der Waals surface area contributed by atoms with Crippen molar-refractivity contribution >= 4 is 21.8 Å². The van der Waals surface area contributed by atoms with Crippen LogP contribution in [0, 0.1) is 6.92 Å². The first kappa shape index (κ1) is 15.5. The molecule has 1 N–H and O–H groups in total. The number of likely N-dealkylation sites (N-methyl/N-ethyl adjacent to an activating group) is 1. The van der Waals surface area contributed by atoms with Gasteiger partial charge in [-0.15, -0.1) is 0 Å². The topological polar surface area (TPSA) is 49.8 Å². The molecule has 0 saturated carbocycles. The maximum Gasteiger partial charge on any atom is 0.254 e. The summed E-state index contributed by atoms with van der Waals surface area (Å²) in [5, 5.41) is 10.5. The highest BCUT2D eigenvalue weighted by molar-refractivity contribution is 9.10. The molecule has 1 aliphatic heterocycles. The van der Waals surface area contributed by atoms with Gasteiger partial charge >= 0.3 is 0 Å². The van der Waals surface area contributed by atoms with Crippen LogP contribution in [0.5, 0.6) is 0 Å². The quantitative estimate of drug-likeness (QED) is 0.918. The zero-order valence-electron chi connectivity index (χ0n) is 11.9. The minimum atomic E-state index is -0.831. The normalized spacial score (nSPS) is 17.8. The molecule has 0 aromatic heterocycles. The minimum Gasteiger partial charge on any atom is -0.388 e. The summed E-state index contributed by atoms with van der Waals surface area (Å²) in [6.45, 7) is 3.35. The van der Waals surface area contributed by atoms with Crippen LogP contribution in [-0.4, -0.2) is 48.3 Å². The van der Waals surface area contributed by atoms with Gasteiger partial charge in [0.2, 0.25) is 0 Å². The standard InChI is InChI=1S/C15H20BrNO3/c1-11-3-4-12(16)9-13(11)14(18)17(2)10-15(19)5-7-20-8-6-15/h3-4,9,19H,5-8,10H2,1-2H3. The fourth-order valence-electron chi connectivity index (χ4n) is 2.45. The number of hydrogen-bond acceptors (Lipinski definition) is 3. The van der Waals surface area contributed by atoms with Crippen LogP contribution in [0.2, 0.25) is 0 Å². The summed E-state index contributed by atoms with van der Waals surface area (Å²) >= 11 is 3.39. The molecular formula is C15H20BrNO3. The molecule has 110 valence electrons. The zero-order valence-corrected chi connectivity index (χ0v) is 13.4. The highest BCUT2D eigenvalue weighted by atomic mass is 79.9. The number of hydrogen-bond donors (Lipinski definition) is 1. The molecule has 0 unspecified atom stereocenters. The number of carbonyl (C=O) groups excluding carboxylic acids is 1. The van der Waals surface area contributed by atoms with E-state index in [0.29, 0.717) is 38.2 Å². The molecule has 1 amide bonds. The number of halogens is 1. The summed E-state index contributed by atoms with van der Waals surface area (Å²) in [7, 11) is 1.73. The second kappa shape index (κ2) is 6.24. The largest absolute Gasteiger partial charge is 0.388 e. The van der Waals surface area contributed by atoms with Gasteiger partial charge in [0.15, 0.2) is 0 Å². The van der Waals surface area contributed by atoms with E-state index in [9.17, 15) is 9.90 Å². The molecule has 20 heavy (non-hydrogen) atoms. The summed E-state index contributed by atoms with van der Waals surface area (Å²) in [6, 6.07) is 5.65. The number of benzene rings is 1. The van der Waals surface area contributed by atoms with Crippen LogP contribution < -0.4 is 0 Å². The Morgan fingerprint density at radius 3 is 2.75 bits per heavy atom. The molecule has 1 heterocycles. The van der Waals surface area contributed by atoms with Gasteiger partial charge in [-0.2, -0.15) is 0 Å². The van der Waals surface area contributed by atoms with E-state index in [2.05, 4.69) is 15.9 Å². The highest BCUT2D eigenvalue weighted by Gasteiger charge is 2.32. The summed E-state index contributed by atoms with van der Waals surface area (Å²) in [5.41, 5.74) is 0.768. The Morgan fingerprint density at radius 2 is 2.10 bits per heavy atom. The van der Waals surface area contributed by atoms with Crippen LogP contribution in [0.25, 0.3) is 0 Å². The van der Waals surface area contributed by atoms with Crippen LogP contribution in [0.15, 0.2) is 22.7 Å². The third kappa shape index (κ3) is 3.59.